The van der Waals surface area contributed by atoms with Gasteiger partial charge in [-0.1, -0.05) is 36.4 Å². The van der Waals surface area contributed by atoms with Gasteiger partial charge in [-0.3, -0.25) is 19.5 Å². The van der Waals surface area contributed by atoms with Crippen LogP contribution in [0.15, 0.2) is 60.8 Å². The van der Waals surface area contributed by atoms with Crippen molar-refractivity contribution in [1.29, 1.82) is 0 Å². The van der Waals surface area contributed by atoms with Gasteiger partial charge in [0, 0.05) is 64.7 Å². The van der Waals surface area contributed by atoms with E-state index in [2.05, 4.69) is 51.6 Å². The summed E-state index contributed by atoms with van der Waals surface area (Å²) in [5.74, 6) is 0.194. The molecule has 0 spiro atoms. The van der Waals surface area contributed by atoms with E-state index < -0.39 is 0 Å². The fourth-order valence-electron chi connectivity index (χ4n) is 4.52. The zero-order chi connectivity index (χ0) is 22.7. The van der Waals surface area contributed by atoms with E-state index in [-0.39, 0.29) is 23.7 Å². The summed E-state index contributed by atoms with van der Waals surface area (Å²) in [6.07, 6.45) is 1.81. The van der Waals surface area contributed by atoms with Crippen LogP contribution in [-0.4, -0.2) is 53.8 Å². The lowest BCUT2D eigenvalue weighted by Crippen LogP contribution is -2.33. The zero-order valence-electron chi connectivity index (χ0n) is 18.9. The van der Waals surface area contributed by atoms with Crippen LogP contribution in [0.25, 0.3) is 10.9 Å². The smallest absolute Gasteiger partial charge is 0.227 e. The molecule has 2 amide bonds. The molecule has 1 aliphatic heterocycles. The SMILES string of the molecule is CC(=O)NCc1ccc([C@H]2CN(Cc3ccc4ncccc4c3)C[C@@H]2C(=O)N(C)C)cc1. The molecule has 32 heavy (non-hydrogen) atoms. The molecule has 6 nitrogen and oxygen atoms in total. The number of rotatable bonds is 6. The Kier molecular flexibility index (Phi) is 6.51. The molecule has 4 rings (SSSR count). The fraction of sp³-hybridized carbons (Fsp3) is 0.346. The van der Waals surface area contributed by atoms with Crippen molar-refractivity contribution in [3.63, 3.8) is 0 Å². The van der Waals surface area contributed by atoms with Crippen LogP contribution < -0.4 is 5.32 Å². The van der Waals surface area contributed by atoms with Gasteiger partial charge < -0.3 is 10.2 Å². The summed E-state index contributed by atoms with van der Waals surface area (Å²) in [6, 6.07) is 18.7. The Morgan fingerprint density at radius 2 is 1.81 bits per heavy atom. The maximum Gasteiger partial charge on any atom is 0.227 e. The minimum Gasteiger partial charge on any atom is -0.352 e. The van der Waals surface area contributed by atoms with Crippen LogP contribution in [0.2, 0.25) is 0 Å². The van der Waals surface area contributed by atoms with Crippen molar-refractivity contribution in [2.24, 2.45) is 5.92 Å². The van der Waals surface area contributed by atoms with E-state index in [0.717, 1.165) is 36.1 Å². The maximum absolute atomic E-state index is 13.0. The summed E-state index contributed by atoms with van der Waals surface area (Å²) in [5.41, 5.74) is 4.45. The summed E-state index contributed by atoms with van der Waals surface area (Å²) in [5, 5.41) is 3.96. The number of fused-ring (bicyclic) bond motifs is 1. The molecule has 1 aromatic heterocycles. The molecule has 0 unspecified atom stereocenters. The van der Waals surface area contributed by atoms with E-state index in [1.54, 1.807) is 4.90 Å². The van der Waals surface area contributed by atoms with Crippen molar-refractivity contribution in [3.05, 3.63) is 77.5 Å². The minimum atomic E-state index is -0.0756. The van der Waals surface area contributed by atoms with E-state index in [9.17, 15) is 9.59 Å². The second kappa shape index (κ2) is 9.49. The van der Waals surface area contributed by atoms with Gasteiger partial charge in [0.25, 0.3) is 0 Å². The van der Waals surface area contributed by atoms with Crippen molar-refractivity contribution in [2.45, 2.75) is 25.9 Å². The standard InChI is InChI=1S/C26H30N4O2/c1-18(31)28-14-19-6-9-21(10-7-19)23-16-30(17-24(23)26(32)29(2)3)15-20-8-11-25-22(13-20)5-4-12-27-25/h4-13,23-24H,14-17H2,1-3H3,(H,28,31)/t23-,24+/m1/s1. The van der Waals surface area contributed by atoms with Gasteiger partial charge in [-0.15, -0.1) is 0 Å². The van der Waals surface area contributed by atoms with Crippen molar-refractivity contribution in [3.8, 4) is 0 Å². The molecule has 1 aliphatic rings. The highest BCUT2D eigenvalue weighted by molar-refractivity contribution is 5.80. The first-order valence-electron chi connectivity index (χ1n) is 11.0. The second-order valence-corrected chi connectivity index (χ2v) is 8.82. The molecule has 166 valence electrons. The number of likely N-dealkylation sites (tertiary alicyclic amines) is 1. The number of nitrogens with one attached hydrogen (secondary N) is 1. The number of carbonyl (C=O) groups excluding carboxylic acids is 2. The van der Waals surface area contributed by atoms with Crippen LogP contribution in [0.1, 0.15) is 29.5 Å². The quantitative estimate of drug-likeness (QED) is 0.652. The number of pyridine rings is 1. The van der Waals surface area contributed by atoms with E-state index in [0.29, 0.717) is 6.54 Å². The lowest BCUT2D eigenvalue weighted by Gasteiger charge is -2.22. The number of hydrogen-bond acceptors (Lipinski definition) is 4. The Balaban J connectivity index is 1.52. The van der Waals surface area contributed by atoms with Gasteiger partial charge in [0.1, 0.15) is 0 Å². The van der Waals surface area contributed by atoms with Gasteiger partial charge >= 0.3 is 0 Å². The maximum atomic E-state index is 13.0. The highest BCUT2D eigenvalue weighted by atomic mass is 16.2. The summed E-state index contributed by atoms with van der Waals surface area (Å²) in [6.45, 7) is 4.41. The van der Waals surface area contributed by atoms with Crippen LogP contribution in [0.4, 0.5) is 0 Å². The molecular formula is C26H30N4O2. The summed E-state index contributed by atoms with van der Waals surface area (Å²) in [7, 11) is 3.66. The summed E-state index contributed by atoms with van der Waals surface area (Å²) in [4.78, 5) is 32.6. The van der Waals surface area contributed by atoms with Gasteiger partial charge in [0.15, 0.2) is 0 Å². The molecule has 6 heteroatoms. The summed E-state index contributed by atoms with van der Waals surface area (Å²) >= 11 is 0. The van der Waals surface area contributed by atoms with E-state index in [1.807, 2.05) is 38.5 Å². The monoisotopic (exact) mass is 430 g/mol. The lowest BCUT2D eigenvalue weighted by molar-refractivity contribution is -0.133. The number of nitrogens with zero attached hydrogens (tertiary/aromatic N) is 3. The second-order valence-electron chi connectivity index (χ2n) is 8.82. The number of hydrogen-bond donors (Lipinski definition) is 1. The third-order valence-corrected chi connectivity index (χ3v) is 6.18. The third kappa shape index (κ3) is 4.97. The van der Waals surface area contributed by atoms with E-state index in [4.69, 9.17) is 0 Å². The van der Waals surface area contributed by atoms with Crippen LogP contribution in [-0.2, 0) is 22.7 Å². The highest BCUT2D eigenvalue weighted by Crippen LogP contribution is 2.35. The fourth-order valence-corrected chi connectivity index (χ4v) is 4.52. The number of amides is 2. The lowest BCUT2D eigenvalue weighted by atomic mass is 9.87. The topological polar surface area (TPSA) is 65.5 Å². The predicted octanol–water partition coefficient (Wildman–Crippen LogP) is 3.17. The van der Waals surface area contributed by atoms with Crippen molar-refractivity contribution >= 4 is 22.7 Å². The molecule has 2 heterocycles. The van der Waals surface area contributed by atoms with Gasteiger partial charge in [-0.2, -0.15) is 0 Å². The average Bonchev–Trinajstić information content (AvgIpc) is 3.21. The minimum absolute atomic E-state index is 0.0402. The van der Waals surface area contributed by atoms with Gasteiger partial charge in [-0.25, -0.2) is 0 Å². The molecule has 0 saturated carbocycles. The third-order valence-electron chi connectivity index (χ3n) is 6.18. The zero-order valence-corrected chi connectivity index (χ0v) is 18.9. The molecule has 0 bridgehead atoms. The first-order valence-corrected chi connectivity index (χ1v) is 11.0. The Labute approximate surface area is 189 Å². The van der Waals surface area contributed by atoms with Crippen LogP contribution >= 0.6 is 0 Å². The number of benzene rings is 2. The predicted molar refractivity (Wildman–Crippen MR) is 126 cm³/mol. The van der Waals surface area contributed by atoms with Crippen molar-refractivity contribution in [2.75, 3.05) is 27.2 Å². The molecular weight excluding hydrogens is 400 g/mol. The summed E-state index contributed by atoms with van der Waals surface area (Å²) < 4.78 is 0. The van der Waals surface area contributed by atoms with Crippen LogP contribution in [0.3, 0.4) is 0 Å². The first kappa shape index (κ1) is 22.0. The Morgan fingerprint density at radius 1 is 1.06 bits per heavy atom. The van der Waals surface area contributed by atoms with Crippen LogP contribution in [0, 0.1) is 5.92 Å². The molecule has 0 aliphatic carbocycles. The molecule has 1 saturated heterocycles. The molecule has 1 N–H and O–H groups in total. The Morgan fingerprint density at radius 3 is 2.53 bits per heavy atom. The first-order chi connectivity index (χ1) is 15.4. The van der Waals surface area contributed by atoms with E-state index >= 15 is 0 Å². The van der Waals surface area contributed by atoms with Gasteiger partial charge in [0.2, 0.25) is 11.8 Å². The van der Waals surface area contributed by atoms with Crippen molar-refractivity contribution < 1.29 is 9.59 Å². The molecule has 3 aromatic rings. The van der Waals surface area contributed by atoms with Gasteiger partial charge in [0.05, 0.1) is 11.4 Å². The van der Waals surface area contributed by atoms with Gasteiger partial charge in [-0.05, 0) is 34.9 Å². The largest absolute Gasteiger partial charge is 0.352 e. The molecule has 1 fully saturated rings. The highest BCUT2D eigenvalue weighted by Gasteiger charge is 2.39. The normalized spacial score (nSPS) is 18.6. The van der Waals surface area contributed by atoms with Crippen LogP contribution in [0.5, 0.6) is 0 Å². The molecule has 2 aromatic carbocycles. The van der Waals surface area contributed by atoms with E-state index in [1.165, 1.54) is 18.1 Å². The molecule has 0 radical (unpaired) electrons. The number of carbonyl (C=O) groups is 2. The Bertz CT molecular complexity index is 1110. The number of aromatic nitrogens is 1. The van der Waals surface area contributed by atoms with Crippen molar-refractivity contribution in [1.82, 2.24) is 20.1 Å². The average molecular weight is 431 g/mol. The molecule has 2 atom stereocenters. The Hall–Kier alpha value is -3.25.